The summed E-state index contributed by atoms with van der Waals surface area (Å²) in [5.74, 6) is -0.755. The summed E-state index contributed by atoms with van der Waals surface area (Å²) in [5.41, 5.74) is 0.925. The van der Waals surface area contributed by atoms with Gasteiger partial charge in [0.25, 0.3) is 11.8 Å². The van der Waals surface area contributed by atoms with Crippen LogP contribution in [0.4, 0.5) is 5.69 Å². The van der Waals surface area contributed by atoms with Gasteiger partial charge in [-0.2, -0.15) is 0 Å². The van der Waals surface area contributed by atoms with Gasteiger partial charge in [-0.25, -0.2) is 13.1 Å². The minimum Gasteiger partial charge on any atom is -0.352 e. The molecule has 166 valence electrons. The Morgan fingerprint density at radius 3 is 2.48 bits per heavy atom. The molecule has 7 nitrogen and oxygen atoms in total. The fraction of sp³-hybridized carbons (Fsp3) is 0.364. The van der Waals surface area contributed by atoms with Crippen molar-refractivity contribution in [3.05, 3.63) is 58.6 Å². The third-order valence-electron chi connectivity index (χ3n) is 5.09. The minimum atomic E-state index is -3.70. The average Bonchev–Trinajstić information content (AvgIpc) is 3.24. The minimum absolute atomic E-state index is 0.0491. The summed E-state index contributed by atoms with van der Waals surface area (Å²) in [6, 6.07) is 10.4. The monoisotopic (exact) mass is 463 g/mol. The summed E-state index contributed by atoms with van der Waals surface area (Å²) in [5, 5.41) is 5.65. The molecule has 9 heteroatoms. The van der Waals surface area contributed by atoms with E-state index in [1.165, 1.54) is 36.4 Å². The van der Waals surface area contributed by atoms with E-state index in [0.717, 1.165) is 32.1 Å². The lowest BCUT2D eigenvalue weighted by molar-refractivity contribution is 0.0953. The van der Waals surface area contributed by atoms with Crippen LogP contribution in [0.1, 0.15) is 59.7 Å². The highest BCUT2D eigenvalue weighted by Crippen LogP contribution is 2.23. The molecule has 2 aromatic rings. The molecule has 1 fully saturated rings. The van der Waals surface area contributed by atoms with E-state index in [9.17, 15) is 18.0 Å². The van der Waals surface area contributed by atoms with Gasteiger partial charge >= 0.3 is 0 Å². The zero-order chi connectivity index (χ0) is 22.4. The Morgan fingerprint density at radius 1 is 1.06 bits per heavy atom. The SMILES string of the molecule is CCCNC(=O)c1ccc(NC(=O)c2cccc(S(=O)(=O)NC3CCCC3)c2)cc1Cl. The Hall–Kier alpha value is -2.42. The molecule has 0 aliphatic heterocycles. The highest BCUT2D eigenvalue weighted by Gasteiger charge is 2.23. The molecule has 31 heavy (non-hydrogen) atoms. The van der Waals surface area contributed by atoms with Gasteiger partial charge in [0.2, 0.25) is 10.0 Å². The summed E-state index contributed by atoms with van der Waals surface area (Å²) >= 11 is 6.20. The van der Waals surface area contributed by atoms with Crippen LogP contribution in [-0.4, -0.2) is 32.8 Å². The largest absolute Gasteiger partial charge is 0.352 e. The maximum Gasteiger partial charge on any atom is 0.255 e. The summed E-state index contributed by atoms with van der Waals surface area (Å²) in [6.07, 6.45) is 4.48. The molecule has 0 radical (unpaired) electrons. The van der Waals surface area contributed by atoms with E-state index in [2.05, 4.69) is 15.4 Å². The Balaban J connectivity index is 1.71. The zero-order valence-corrected chi connectivity index (χ0v) is 18.9. The number of carbonyl (C=O) groups excluding carboxylic acids is 2. The first-order valence-electron chi connectivity index (χ1n) is 10.3. The number of hydrogen-bond acceptors (Lipinski definition) is 4. The van der Waals surface area contributed by atoms with E-state index >= 15 is 0 Å². The van der Waals surface area contributed by atoms with Gasteiger partial charge in [-0.1, -0.05) is 37.4 Å². The summed E-state index contributed by atoms with van der Waals surface area (Å²) in [4.78, 5) is 24.8. The van der Waals surface area contributed by atoms with E-state index < -0.39 is 15.9 Å². The number of hydrogen-bond donors (Lipinski definition) is 3. The van der Waals surface area contributed by atoms with Crippen molar-refractivity contribution in [2.75, 3.05) is 11.9 Å². The van der Waals surface area contributed by atoms with Gasteiger partial charge in [-0.3, -0.25) is 9.59 Å². The van der Waals surface area contributed by atoms with Crippen LogP contribution in [0.3, 0.4) is 0 Å². The van der Waals surface area contributed by atoms with E-state index in [4.69, 9.17) is 11.6 Å². The Bertz CT molecular complexity index is 1070. The molecule has 1 aliphatic carbocycles. The van der Waals surface area contributed by atoms with Crippen LogP contribution < -0.4 is 15.4 Å². The van der Waals surface area contributed by atoms with Gasteiger partial charge in [-0.05, 0) is 55.7 Å². The quantitative estimate of drug-likeness (QED) is 0.551. The van der Waals surface area contributed by atoms with Crippen molar-refractivity contribution >= 4 is 39.1 Å². The highest BCUT2D eigenvalue weighted by molar-refractivity contribution is 7.89. The summed E-state index contributed by atoms with van der Waals surface area (Å²) in [6.45, 7) is 2.49. The van der Waals surface area contributed by atoms with E-state index in [-0.39, 0.29) is 27.4 Å². The second-order valence-corrected chi connectivity index (χ2v) is 9.66. The Morgan fingerprint density at radius 2 is 1.81 bits per heavy atom. The second kappa shape index (κ2) is 10.3. The summed E-state index contributed by atoms with van der Waals surface area (Å²) in [7, 11) is -3.70. The molecule has 2 aromatic carbocycles. The predicted molar refractivity (Wildman–Crippen MR) is 121 cm³/mol. The van der Waals surface area contributed by atoms with E-state index in [1.54, 1.807) is 6.07 Å². The van der Waals surface area contributed by atoms with Gasteiger partial charge < -0.3 is 10.6 Å². The van der Waals surface area contributed by atoms with Crippen molar-refractivity contribution in [3.63, 3.8) is 0 Å². The molecule has 0 saturated heterocycles. The van der Waals surface area contributed by atoms with Crippen LogP contribution in [0.5, 0.6) is 0 Å². The fourth-order valence-corrected chi connectivity index (χ4v) is 5.07. The van der Waals surface area contributed by atoms with Crippen molar-refractivity contribution in [1.82, 2.24) is 10.0 Å². The van der Waals surface area contributed by atoms with Gasteiger partial charge in [0.05, 0.1) is 15.5 Å². The number of amides is 2. The molecule has 0 unspecified atom stereocenters. The molecular weight excluding hydrogens is 438 g/mol. The highest BCUT2D eigenvalue weighted by atomic mass is 35.5. The first-order valence-corrected chi connectivity index (χ1v) is 12.2. The smallest absolute Gasteiger partial charge is 0.255 e. The van der Waals surface area contributed by atoms with Crippen LogP contribution in [0.25, 0.3) is 0 Å². The maximum absolute atomic E-state index is 12.7. The predicted octanol–water partition coefficient (Wildman–Crippen LogP) is 3.95. The van der Waals surface area contributed by atoms with Crippen LogP contribution in [0.15, 0.2) is 47.4 Å². The van der Waals surface area contributed by atoms with Crippen molar-refractivity contribution < 1.29 is 18.0 Å². The number of rotatable bonds is 8. The molecule has 3 rings (SSSR count). The number of carbonyl (C=O) groups is 2. The number of benzene rings is 2. The fourth-order valence-electron chi connectivity index (χ4n) is 3.45. The molecule has 3 N–H and O–H groups in total. The van der Waals surface area contributed by atoms with Crippen molar-refractivity contribution in [1.29, 1.82) is 0 Å². The molecule has 0 aromatic heterocycles. The van der Waals surface area contributed by atoms with Gasteiger partial charge in [0.15, 0.2) is 0 Å². The normalized spacial score (nSPS) is 14.4. The topological polar surface area (TPSA) is 104 Å². The van der Waals surface area contributed by atoms with E-state index in [0.29, 0.717) is 17.8 Å². The maximum atomic E-state index is 12.7. The molecule has 0 atom stereocenters. The number of anilines is 1. The van der Waals surface area contributed by atoms with Crippen LogP contribution in [-0.2, 0) is 10.0 Å². The number of nitrogens with one attached hydrogen (secondary N) is 3. The van der Waals surface area contributed by atoms with Gasteiger partial charge in [-0.15, -0.1) is 0 Å². The first-order chi connectivity index (χ1) is 14.8. The standard InChI is InChI=1S/C22H26ClN3O4S/c1-2-12-24-22(28)19-11-10-17(14-20(19)23)25-21(27)15-6-5-9-18(13-15)31(29,30)26-16-7-3-4-8-16/h5-6,9-11,13-14,16,26H,2-4,7-8,12H2,1H3,(H,24,28)(H,25,27). The lowest BCUT2D eigenvalue weighted by atomic mass is 10.1. The van der Waals surface area contributed by atoms with Crippen molar-refractivity contribution in [3.8, 4) is 0 Å². The first kappa shape index (κ1) is 23.2. The lowest BCUT2D eigenvalue weighted by Crippen LogP contribution is -2.32. The third kappa shape index (κ3) is 6.06. The number of sulfonamides is 1. The molecule has 1 aliphatic rings. The molecule has 0 spiro atoms. The second-order valence-electron chi connectivity index (χ2n) is 7.54. The molecule has 2 amide bonds. The van der Waals surface area contributed by atoms with E-state index in [1.807, 2.05) is 6.92 Å². The average molecular weight is 464 g/mol. The van der Waals surface area contributed by atoms with Gasteiger partial charge in [0, 0.05) is 23.8 Å². The third-order valence-corrected chi connectivity index (χ3v) is 6.92. The van der Waals surface area contributed by atoms with Crippen molar-refractivity contribution in [2.45, 2.75) is 50.0 Å². The van der Waals surface area contributed by atoms with Crippen LogP contribution in [0, 0.1) is 0 Å². The molecule has 1 saturated carbocycles. The van der Waals surface area contributed by atoms with Crippen LogP contribution in [0.2, 0.25) is 5.02 Å². The van der Waals surface area contributed by atoms with Gasteiger partial charge in [0.1, 0.15) is 0 Å². The summed E-state index contributed by atoms with van der Waals surface area (Å²) < 4.78 is 28.0. The number of halogens is 1. The van der Waals surface area contributed by atoms with Crippen molar-refractivity contribution in [2.24, 2.45) is 0 Å². The molecule has 0 heterocycles. The Kier molecular flexibility index (Phi) is 7.69. The Labute approximate surface area is 187 Å². The zero-order valence-electron chi connectivity index (χ0n) is 17.3. The molecular formula is C22H26ClN3O4S. The molecule has 0 bridgehead atoms. The lowest BCUT2D eigenvalue weighted by Gasteiger charge is -2.13. The van der Waals surface area contributed by atoms with Crippen LogP contribution >= 0.6 is 11.6 Å².